The third kappa shape index (κ3) is 5.19. The van der Waals surface area contributed by atoms with Crippen LogP contribution < -0.4 is 15.5 Å². The molecule has 0 bridgehead atoms. The van der Waals surface area contributed by atoms with E-state index in [1.807, 2.05) is 4.90 Å². The van der Waals surface area contributed by atoms with E-state index >= 15 is 0 Å². The average molecular weight is 486 g/mol. The normalized spacial score (nSPS) is 20.9. The Balaban J connectivity index is 1.49. The number of hydrogen-bond acceptors (Lipinski definition) is 7. The summed E-state index contributed by atoms with van der Waals surface area (Å²) in [4.78, 5) is 27.0. The molecule has 1 aliphatic heterocycles. The van der Waals surface area contributed by atoms with Gasteiger partial charge in [-0.25, -0.2) is 13.8 Å². The van der Waals surface area contributed by atoms with Gasteiger partial charge in [-0.05, 0) is 37.8 Å². The van der Waals surface area contributed by atoms with Crippen LogP contribution in [0.2, 0.25) is 0 Å². The molecule has 1 saturated heterocycles. The number of alkyl halides is 2. The SMILES string of the molecule is CC(=O)N[C@H]1CC[C@H](Nc2cc(-n3c(C(F)F)nc4ccccc43)nc(N3CCOCC3)n2)CC1. The Hall–Kier alpha value is -3.34. The van der Waals surface area contributed by atoms with Crippen LogP contribution in [0.15, 0.2) is 30.3 Å². The number of imidazole rings is 1. The summed E-state index contributed by atoms with van der Waals surface area (Å²) in [6.45, 7) is 3.89. The minimum absolute atomic E-state index is 0.0144. The third-order valence-corrected chi connectivity index (χ3v) is 6.49. The number of benzene rings is 1. The van der Waals surface area contributed by atoms with Crippen LogP contribution in [0.4, 0.5) is 20.5 Å². The van der Waals surface area contributed by atoms with Gasteiger partial charge < -0.3 is 20.3 Å². The van der Waals surface area contributed by atoms with Crippen molar-refractivity contribution in [1.82, 2.24) is 24.8 Å². The lowest BCUT2D eigenvalue weighted by Gasteiger charge is -2.31. The van der Waals surface area contributed by atoms with Gasteiger partial charge in [-0.2, -0.15) is 9.97 Å². The summed E-state index contributed by atoms with van der Waals surface area (Å²) in [7, 11) is 0. The van der Waals surface area contributed by atoms with Gasteiger partial charge in [-0.1, -0.05) is 12.1 Å². The Bertz CT molecular complexity index is 1190. The summed E-state index contributed by atoms with van der Waals surface area (Å²) in [6, 6.07) is 9.11. The van der Waals surface area contributed by atoms with E-state index < -0.39 is 6.43 Å². The van der Waals surface area contributed by atoms with Crippen LogP contribution in [-0.2, 0) is 9.53 Å². The predicted molar refractivity (Wildman–Crippen MR) is 128 cm³/mol. The molecule has 0 spiro atoms. The molecule has 0 radical (unpaired) electrons. The highest BCUT2D eigenvalue weighted by molar-refractivity contribution is 5.78. The molecule has 11 heteroatoms. The second kappa shape index (κ2) is 10.1. The van der Waals surface area contributed by atoms with Gasteiger partial charge in [-0.3, -0.25) is 9.36 Å². The van der Waals surface area contributed by atoms with Gasteiger partial charge in [0.15, 0.2) is 5.82 Å². The zero-order valence-electron chi connectivity index (χ0n) is 19.6. The van der Waals surface area contributed by atoms with Crippen molar-refractivity contribution in [1.29, 1.82) is 0 Å². The van der Waals surface area contributed by atoms with Gasteiger partial charge in [-0.15, -0.1) is 0 Å². The lowest BCUT2D eigenvalue weighted by atomic mass is 9.91. The molecule has 186 valence electrons. The van der Waals surface area contributed by atoms with Crippen molar-refractivity contribution in [2.24, 2.45) is 0 Å². The van der Waals surface area contributed by atoms with Crippen molar-refractivity contribution in [2.45, 2.75) is 51.1 Å². The first kappa shape index (κ1) is 23.4. The van der Waals surface area contributed by atoms with E-state index in [0.29, 0.717) is 54.9 Å². The molecule has 3 heterocycles. The number of nitrogens with zero attached hydrogens (tertiary/aromatic N) is 5. The maximum atomic E-state index is 14.0. The Morgan fingerprint density at radius 1 is 1.06 bits per heavy atom. The fourth-order valence-electron chi connectivity index (χ4n) is 4.83. The minimum atomic E-state index is -2.76. The minimum Gasteiger partial charge on any atom is -0.378 e. The predicted octanol–water partition coefficient (Wildman–Crippen LogP) is 3.45. The number of aromatic nitrogens is 4. The number of halogens is 2. The summed E-state index contributed by atoms with van der Waals surface area (Å²) < 4.78 is 34.9. The number of fused-ring (bicyclic) bond motifs is 1. The number of rotatable bonds is 6. The van der Waals surface area contributed by atoms with Crippen LogP contribution in [0.25, 0.3) is 16.9 Å². The molecular formula is C24H29F2N7O2. The number of amides is 1. The Kier molecular flexibility index (Phi) is 6.76. The number of nitrogens with one attached hydrogen (secondary N) is 2. The molecule has 2 fully saturated rings. The van der Waals surface area contributed by atoms with E-state index in [-0.39, 0.29) is 23.8 Å². The molecule has 2 aromatic heterocycles. The summed E-state index contributed by atoms with van der Waals surface area (Å²) in [5.41, 5.74) is 1.05. The number of anilines is 2. The summed E-state index contributed by atoms with van der Waals surface area (Å²) >= 11 is 0. The highest BCUT2D eigenvalue weighted by Gasteiger charge is 2.25. The number of ether oxygens (including phenoxy) is 1. The smallest absolute Gasteiger partial charge is 0.296 e. The molecule has 1 aliphatic carbocycles. The van der Waals surface area contributed by atoms with Gasteiger partial charge in [0.05, 0.1) is 24.2 Å². The Labute approximate surface area is 201 Å². The van der Waals surface area contributed by atoms with Crippen LogP contribution in [-0.4, -0.2) is 63.8 Å². The van der Waals surface area contributed by atoms with Gasteiger partial charge >= 0.3 is 0 Å². The van der Waals surface area contributed by atoms with Crippen LogP contribution in [0.5, 0.6) is 0 Å². The van der Waals surface area contributed by atoms with Crippen LogP contribution in [0, 0.1) is 0 Å². The number of carbonyl (C=O) groups is 1. The van der Waals surface area contributed by atoms with Gasteiger partial charge in [0, 0.05) is 38.2 Å². The van der Waals surface area contributed by atoms with E-state index in [4.69, 9.17) is 14.7 Å². The van der Waals surface area contributed by atoms with E-state index in [2.05, 4.69) is 15.6 Å². The zero-order chi connectivity index (χ0) is 24.4. The first-order chi connectivity index (χ1) is 17.0. The lowest BCUT2D eigenvalue weighted by molar-refractivity contribution is -0.119. The van der Waals surface area contributed by atoms with Crippen LogP contribution in [0.3, 0.4) is 0 Å². The monoisotopic (exact) mass is 485 g/mol. The van der Waals surface area contributed by atoms with Crippen LogP contribution >= 0.6 is 0 Å². The molecule has 5 rings (SSSR count). The molecule has 2 N–H and O–H groups in total. The molecule has 2 aliphatic rings. The molecule has 0 unspecified atom stereocenters. The quantitative estimate of drug-likeness (QED) is 0.552. The molecule has 1 aromatic carbocycles. The van der Waals surface area contributed by atoms with Gasteiger partial charge in [0.1, 0.15) is 11.6 Å². The van der Waals surface area contributed by atoms with Crippen LogP contribution in [0.1, 0.15) is 44.9 Å². The van der Waals surface area contributed by atoms with Crippen molar-refractivity contribution >= 4 is 28.7 Å². The Morgan fingerprint density at radius 2 is 1.77 bits per heavy atom. The van der Waals surface area contributed by atoms with Crippen molar-refractivity contribution < 1.29 is 18.3 Å². The topological polar surface area (TPSA) is 97.2 Å². The molecule has 1 saturated carbocycles. The maximum Gasteiger partial charge on any atom is 0.296 e. The van der Waals surface area contributed by atoms with E-state index in [1.165, 1.54) is 11.5 Å². The van der Waals surface area contributed by atoms with Crippen molar-refractivity contribution in [3.8, 4) is 5.82 Å². The number of carbonyl (C=O) groups excluding carboxylic acids is 1. The molecule has 35 heavy (non-hydrogen) atoms. The fraction of sp³-hybridized carbons (Fsp3) is 0.500. The standard InChI is InChI=1S/C24H29F2N7O2/c1-15(34)27-16-6-8-17(9-7-16)28-20-14-21(31-24(30-20)32-10-12-35-13-11-32)33-19-5-3-2-4-18(19)29-23(33)22(25)26/h2-5,14,16-17,22H,6-13H2,1H3,(H,27,34)(H,28,30,31)/t16-,17-. The van der Waals surface area contributed by atoms with Crippen molar-refractivity contribution in [3.63, 3.8) is 0 Å². The number of para-hydroxylation sites is 2. The molecule has 1 amide bonds. The fourth-order valence-corrected chi connectivity index (χ4v) is 4.83. The summed E-state index contributed by atoms with van der Waals surface area (Å²) in [5.74, 6) is 1.04. The number of morpholine rings is 1. The van der Waals surface area contributed by atoms with Gasteiger partial charge in [0.2, 0.25) is 11.9 Å². The molecular weight excluding hydrogens is 456 g/mol. The lowest BCUT2D eigenvalue weighted by Crippen LogP contribution is -2.39. The van der Waals surface area contributed by atoms with Crippen molar-refractivity contribution in [3.05, 3.63) is 36.2 Å². The first-order valence-electron chi connectivity index (χ1n) is 12.0. The Morgan fingerprint density at radius 3 is 2.49 bits per heavy atom. The van der Waals surface area contributed by atoms with E-state index in [0.717, 1.165) is 25.7 Å². The zero-order valence-corrected chi connectivity index (χ0v) is 19.6. The maximum absolute atomic E-state index is 14.0. The first-order valence-corrected chi connectivity index (χ1v) is 12.0. The highest BCUT2D eigenvalue weighted by Crippen LogP contribution is 2.30. The number of hydrogen-bond donors (Lipinski definition) is 2. The third-order valence-electron chi connectivity index (χ3n) is 6.49. The summed E-state index contributed by atoms with van der Waals surface area (Å²) in [5, 5.41) is 6.48. The largest absolute Gasteiger partial charge is 0.378 e. The van der Waals surface area contributed by atoms with Gasteiger partial charge in [0.25, 0.3) is 6.43 Å². The molecule has 9 nitrogen and oxygen atoms in total. The van der Waals surface area contributed by atoms with Crippen molar-refractivity contribution in [2.75, 3.05) is 36.5 Å². The van der Waals surface area contributed by atoms with E-state index in [9.17, 15) is 13.6 Å². The highest BCUT2D eigenvalue weighted by atomic mass is 19.3. The second-order valence-electron chi connectivity index (χ2n) is 9.00. The van der Waals surface area contributed by atoms with E-state index in [1.54, 1.807) is 30.3 Å². The second-order valence-corrected chi connectivity index (χ2v) is 9.00. The molecule has 3 aromatic rings. The summed E-state index contributed by atoms with van der Waals surface area (Å²) in [6.07, 6.45) is 0.714. The average Bonchev–Trinajstić information content (AvgIpc) is 3.25. The molecule has 0 atom stereocenters.